The summed E-state index contributed by atoms with van der Waals surface area (Å²) in [5.74, 6) is 1.01. The lowest BCUT2D eigenvalue weighted by atomic mass is 10.1. The number of nitrogens with zero attached hydrogens (tertiary/aromatic N) is 2. The summed E-state index contributed by atoms with van der Waals surface area (Å²) in [7, 11) is 0. The van der Waals surface area contributed by atoms with Gasteiger partial charge in [0.2, 0.25) is 0 Å². The lowest BCUT2D eigenvalue weighted by molar-refractivity contribution is 0.659. The van der Waals surface area contributed by atoms with Crippen molar-refractivity contribution in [1.29, 1.82) is 0 Å². The number of aromatic nitrogens is 3. The molecule has 0 aliphatic heterocycles. The van der Waals surface area contributed by atoms with Gasteiger partial charge in [0, 0.05) is 18.2 Å². The van der Waals surface area contributed by atoms with Crippen LogP contribution in [0.3, 0.4) is 0 Å². The molecule has 1 saturated carbocycles. The van der Waals surface area contributed by atoms with E-state index in [0.717, 1.165) is 30.1 Å². The zero-order chi connectivity index (χ0) is 11.0. The summed E-state index contributed by atoms with van der Waals surface area (Å²) >= 11 is 0. The standard InChI is InChI=1S/C12H14N4/c13-8-12(4-5-12)11-15-7-10(16-11)9-3-1-2-6-14-9/h1-3,6-7H,4-5,8,13H2,(H,15,16). The van der Waals surface area contributed by atoms with Crippen LogP contribution in [-0.2, 0) is 5.41 Å². The first kappa shape index (κ1) is 9.54. The highest BCUT2D eigenvalue weighted by Crippen LogP contribution is 2.45. The average Bonchev–Trinajstić information content (AvgIpc) is 3.00. The summed E-state index contributed by atoms with van der Waals surface area (Å²) < 4.78 is 0. The van der Waals surface area contributed by atoms with Crippen molar-refractivity contribution in [1.82, 2.24) is 15.0 Å². The Balaban J connectivity index is 1.94. The Morgan fingerprint density at radius 3 is 2.81 bits per heavy atom. The number of aromatic amines is 1. The monoisotopic (exact) mass is 214 g/mol. The van der Waals surface area contributed by atoms with Gasteiger partial charge in [-0.05, 0) is 25.0 Å². The molecule has 2 aromatic rings. The first-order valence-electron chi connectivity index (χ1n) is 5.51. The minimum atomic E-state index is 0.118. The Morgan fingerprint density at radius 2 is 2.19 bits per heavy atom. The second kappa shape index (κ2) is 3.42. The molecule has 0 spiro atoms. The zero-order valence-electron chi connectivity index (χ0n) is 8.98. The molecule has 4 heteroatoms. The third-order valence-corrected chi connectivity index (χ3v) is 3.26. The smallest absolute Gasteiger partial charge is 0.114 e. The van der Waals surface area contributed by atoms with Crippen LogP contribution in [0.2, 0.25) is 0 Å². The summed E-state index contributed by atoms with van der Waals surface area (Å²) in [6, 6.07) is 5.85. The van der Waals surface area contributed by atoms with Gasteiger partial charge < -0.3 is 10.7 Å². The van der Waals surface area contributed by atoms with E-state index in [1.165, 1.54) is 0 Å². The van der Waals surface area contributed by atoms with Crippen molar-refractivity contribution < 1.29 is 0 Å². The lowest BCUT2D eigenvalue weighted by Crippen LogP contribution is -2.21. The first-order chi connectivity index (χ1) is 7.84. The molecule has 3 N–H and O–H groups in total. The second-order valence-electron chi connectivity index (χ2n) is 4.34. The molecule has 0 amide bonds. The van der Waals surface area contributed by atoms with Gasteiger partial charge in [0.15, 0.2) is 0 Å². The summed E-state index contributed by atoms with van der Waals surface area (Å²) in [4.78, 5) is 12.0. The Labute approximate surface area is 93.9 Å². The molecule has 1 aliphatic carbocycles. The van der Waals surface area contributed by atoms with Gasteiger partial charge >= 0.3 is 0 Å². The zero-order valence-corrected chi connectivity index (χ0v) is 8.98. The van der Waals surface area contributed by atoms with Gasteiger partial charge in [-0.15, -0.1) is 0 Å². The van der Waals surface area contributed by atoms with Crippen LogP contribution in [0.4, 0.5) is 0 Å². The molecule has 1 aliphatic rings. The van der Waals surface area contributed by atoms with Crippen LogP contribution in [0.15, 0.2) is 30.6 Å². The molecule has 3 rings (SSSR count). The Bertz CT molecular complexity index is 485. The van der Waals surface area contributed by atoms with Gasteiger partial charge in [0.05, 0.1) is 17.6 Å². The van der Waals surface area contributed by atoms with Crippen LogP contribution in [-0.4, -0.2) is 21.5 Å². The molecule has 0 radical (unpaired) electrons. The molecule has 1 fully saturated rings. The number of H-pyrrole nitrogens is 1. The van der Waals surface area contributed by atoms with Gasteiger partial charge in [0.1, 0.15) is 5.82 Å². The fraction of sp³-hybridized carbons (Fsp3) is 0.333. The van der Waals surface area contributed by atoms with E-state index in [1.54, 1.807) is 6.20 Å². The van der Waals surface area contributed by atoms with E-state index < -0.39 is 0 Å². The summed E-state index contributed by atoms with van der Waals surface area (Å²) in [6.07, 6.45) is 5.90. The maximum atomic E-state index is 5.77. The van der Waals surface area contributed by atoms with E-state index in [4.69, 9.17) is 5.73 Å². The molecule has 2 aromatic heterocycles. The average molecular weight is 214 g/mol. The Morgan fingerprint density at radius 1 is 1.31 bits per heavy atom. The molecular weight excluding hydrogens is 200 g/mol. The van der Waals surface area contributed by atoms with Gasteiger partial charge in [-0.25, -0.2) is 4.98 Å². The van der Waals surface area contributed by atoms with Crippen LogP contribution < -0.4 is 5.73 Å². The van der Waals surface area contributed by atoms with Crippen LogP contribution in [0.1, 0.15) is 18.7 Å². The number of nitrogens with one attached hydrogen (secondary N) is 1. The second-order valence-corrected chi connectivity index (χ2v) is 4.34. The van der Waals surface area contributed by atoms with Gasteiger partial charge in [-0.3, -0.25) is 4.98 Å². The molecule has 0 aromatic carbocycles. The maximum absolute atomic E-state index is 5.77. The van der Waals surface area contributed by atoms with Crippen molar-refractivity contribution in [3.8, 4) is 11.4 Å². The molecule has 0 saturated heterocycles. The minimum absolute atomic E-state index is 0.118. The van der Waals surface area contributed by atoms with E-state index in [9.17, 15) is 0 Å². The normalized spacial score (nSPS) is 17.3. The van der Waals surface area contributed by atoms with E-state index >= 15 is 0 Å². The summed E-state index contributed by atoms with van der Waals surface area (Å²) in [5, 5.41) is 0. The highest BCUT2D eigenvalue weighted by Gasteiger charge is 2.45. The molecule has 2 heterocycles. The Kier molecular flexibility index (Phi) is 2.04. The van der Waals surface area contributed by atoms with Gasteiger partial charge in [0.25, 0.3) is 0 Å². The minimum Gasteiger partial charge on any atom is -0.340 e. The molecule has 0 atom stereocenters. The van der Waals surface area contributed by atoms with E-state index in [2.05, 4.69) is 15.0 Å². The fourth-order valence-corrected chi connectivity index (χ4v) is 1.93. The van der Waals surface area contributed by atoms with Crippen molar-refractivity contribution >= 4 is 0 Å². The van der Waals surface area contributed by atoms with Crippen molar-refractivity contribution in [2.24, 2.45) is 5.73 Å². The third-order valence-electron chi connectivity index (χ3n) is 3.26. The topological polar surface area (TPSA) is 67.6 Å². The number of pyridine rings is 1. The molecular formula is C12H14N4. The van der Waals surface area contributed by atoms with Gasteiger partial charge in [-0.1, -0.05) is 6.07 Å². The number of nitrogens with two attached hydrogens (primary N) is 1. The largest absolute Gasteiger partial charge is 0.340 e. The summed E-state index contributed by atoms with van der Waals surface area (Å²) in [5.41, 5.74) is 7.78. The van der Waals surface area contributed by atoms with Crippen molar-refractivity contribution in [2.75, 3.05) is 6.54 Å². The Hall–Kier alpha value is -1.68. The highest BCUT2D eigenvalue weighted by atomic mass is 15.0. The first-order valence-corrected chi connectivity index (χ1v) is 5.51. The molecule has 16 heavy (non-hydrogen) atoms. The van der Waals surface area contributed by atoms with Crippen LogP contribution in [0, 0.1) is 0 Å². The van der Waals surface area contributed by atoms with E-state index in [-0.39, 0.29) is 5.41 Å². The fourth-order valence-electron chi connectivity index (χ4n) is 1.93. The SMILES string of the molecule is NCC1(c2ncc(-c3ccccn3)[nH]2)CC1. The number of rotatable bonds is 3. The molecule has 0 unspecified atom stereocenters. The maximum Gasteiger partial charge on any atom is 0.114 e. The number of hydrogen-bond acceptors (Lipinski definition) is 3. The van der Waals surface area contributed by atoms with Crippen molar-refractivity contribution in [2.45, 2.75) is 18.3 Å². The van der Waals surface area contributed by atoms with Crippen LogP contribution in [0.5, 0.6) is 0 Å². The molecule has 0 bridgehead atoms. The van der Waals surface area contributed by atoms with Gasteiger partial charge in [-0.2, -0.15) is 0 Å². The van der Waals surface area contributed by atoms with Crippen LogP contribution >= 0.6 is 0 Å². The van der Waals surface area contributed by atoms with Crippen LogP contribution in [0.25, 0.3) is 11.4 Å². The molecule has 4 nitrogen and oxygen atoms in total. The van der Waals surface area contributed by atoms with Crippen molar-refractivity contribution in [3.63, 3.8) is 0 Å². The predicted molar refractivity (Wildman–Crippen MR) is 61.8 cm³/mol. The summed E-state index contributed by atoms with van der Waals surface area (Å²) in [6.45, 7) is 0.669. The highest BCUT2D eigenvalue weighted by molar-refractivity contribution is 5.53. The predicted octanol–water partition coefficient (Wildman–Crippen LogP) is 1.46. The number of hydrogen-bond donors (Lipinski definition) is 2. The van der Waals surface area contributed by atoms with E-state index in [0.29, 0.717) is 6.54 Å². The lowest BCUT2D eigenvalue weighted by Gasteiger charge is -2.07. The molecule has 82 valence electrons. The van der Waals surface area contributed by atoms with E-state index in [1.807, 2.05) is 24.4 Å². The third kappa shape index (κ3) is 1.42. The number of imidazole rings is 1. The quantitative estimate of drug-likeness (QED) is 0.812. The van der Waals surface area contributed by atoms with Crippen molar-refractivity contribution in [3.05, 3.63) is 36.4 Å².